The fourth-order valence-electron chi connectivity index (χ4n) is 2.52. The standard InChI is InChI=1S/C20H19FN4O2/c1-2-27-16-9-7-14(8-10-16)18-11-12-23-19(24-18)20(26)25(22)13-15-5-3-4-6-17(15)21/h3-12H,2,13,22H2,1H3. The van der Waals surface area contributed by atoms with Crippen LogP contribution in [0, 0.1) is 5.82 Å². The molecule has 7 heteroatoms. The second kappa shape index (κ2) is 8.37. The topological polar surface area (TPSA) is 81.3 Å². The van der Waals surface area contributed by atoms with E-state index in [0.29, 0.717) is 17.9 Å². The summed E-state index contributed by atoms with van der Waals surface area (Å²) in [5.74, 6) is 5.49. The number of amides is 1. The van der Waals surface area contributed by atoms with Gasteiger partial charge in [-0.25, -0.2) is 20.2 Å². The van der Waals surface area contributed by atoms with E-state index in [-0.39, 0.29) is 12.4 Å². The quantitative estimate of drug-likeness (QED) is 0.412. The van der Waals surface area contributed by atoms with Crippen LogP contribution in [0.5, 0.6) is 5.75 Å². The van der Waals surface area contributed by atoms with Crippen molar-refractivity contribution in [1.29, 1.82) is 0 Å². The first-order valence-electron chi connectivity index (χ1n) is 8.44. The lowest BCUT2D eigenvalue weighted by molar-refractivity contribution is 0.0729. The largest absolute Gasteiger partial charge is 0.494 e. The van der Waals surface area contributed by atoms with Gasteiger partial charge in [-0.2, -0.15) is 0 Å². The Morgan fingerprint density at radius 2 is 1.89 bits per heavy atom. The molecule has 0 aliphatic carbocycles. The highest BCUT2D eigenvalue weighted by Gasteiger charge is 2.18. The Bertz CT molecular complexity index is 931. The molecule has 0 unspecified atom stereocenters. The van der Waals surface area contributed by atoms with Crippen LogP contribution < -0.4 is 10.6 Å². The molecule has 6 nitrogen and oxygen atoms in total. The van der Waals surface area contributed by atoms with E-state index in [0.717, 1.165) is 16.3 Å². The van der Waals surface area contributed by atoms with Gasteiger partial charge in [0.05, 0.1) is 18.8 Å². The van der Waals surface area contributed by atoms with Crippen LogP contribution in [0.15, 0.2) is 60.8 Å². The highest BCUT2D eigenvalue weighted by atomic mass is 19.1. The summed E-state index contributed by atoms with van der Waals surface area (Å²) in [6.45, 7) is 2.41. The molecule has 0 saturated carbocycles. The molecule has 2 N–H and O–H groups in total. The van der Waals surface area contributed by atoms with Crippen LogP contribution in [-0.4, -0.2) is 27.5 Å². The summed E-state index contributed by atoms with van der Waals surface area (Å²) in [4.78, 5) is 20.8. The lowest BCUT2D eigenvalue weighted by Crippen LogP contribution is -2.38. The Morgan fingerprint density at radius 3 is 2.59 bits per heavy atom. The zero-order valence-corrected chi connectivity index (χ0v) is 14.8. The van der Waals surface area contributed by atoms with Crippen LogP contribution in [0.2, 0.25) is 0 Å². The molecule has 0 bridgehead atoms. The minimum absolute atomic E-state index is 0.0553. The average molecular weight is 366 g/mol. The molecule has 0 radical (unpaired) electrons. The maximum atomic E-state index is 13.8. The SMILES string of the molecule is CCOc1ccc(-c2ccnc(C(=O)N(N)Cc3ccccc3F)n2)cc1. The predicted octanol–water partition coefficient (Wildman–Crippen LogP) is 3.20. The molecule has 1 heterocycles. The molecular weight excluding hydrogens is 347 g/mol. The van der Waals surface area contributed by atoms with E-state index in [1.807, 2.05) is 31.2 Å². The molecule has 0 spiro atoms. The number of halogens is 1. The first kappa shape index (κ1) is 18.5. The highest BCUT2D eigenvalue weighted by molar-refractivity contribution is 5.90. The van der Waals surface area contributed by atoms with Crippen molar-refractivity contribution < 1.29 is 13.9 Å². The van der Waals surface area contributed by atoms with Crippen molar-refractivity contribution in [2.24, 2.45) is 5.84 Å². The molecule has 3 rings (SSSR count). The Morgan fingerprint density at radius 1 is 1.15 bits per heavy atom. The van der Waals surface area contributed by atoms with Gasteiger partial charge in [0.15, 0.2) is 0 Å². The molecule has 2 aromatic carbocycles. The van der Waals surface area contributed by atoms with Crippen LogP contribution in [0.4, 0.5) is 4.39 Å². The molecule has 138 valence electrons. The predicted molar refractivity (Wildman–Crippen MR) is 99.1 cm³/mol. The number of hydrogen-bond acceptors (Lipinski definition) is 5. The number of benzene rings is 2. The third-order valence-electron chi connectivity index (χ3n) is 3.87. The summed E-state index contributed by atoms with van der Waals surface area (Å²) in [6, 6.07) is 15.2. The third kappa shape index (κ3) is 4.45. The first-order chi connectivity index (χ1) is 13.1. The van der Waals surface area contributed by atoms with Crippen molar-refractivity contribution in [2.75, 3.05) is 6.61 Å². The molecule has 0 fully saturated rings. The third-order valence-corrected chi connectivity index (χ3v) is 3.87. The second-order valence-corrected chi connectivity index (χ2v) is 5.75. The number of aromatic nitrogens is 2. The Kier molecular flexibility index (Phi) is 5.73. The van der Waals surface area contributed by atoms with Crippen molar-refractivity contribution >= 4 is 5.91 Å². The van der Waals surface area contributed by atoms with Gasteiger partial charge in [0, 0.05) is 17.3 Å². The number of hydrazine groups is 1. The molecule has 27 heavy (non-hydrogen) atoms. The summed E-state index contributed by atoms with van der Waals surface area (Å²) in [5.41, 5.74) is 1.71. The molecule has 0 aliphatic rings. The van der Waals surface area contributed by atoms with Crippen molar-refractivity contribution in [3.63, 3.8) is 0 Å². The van der Waals surface area contributed by atoms with Gasteiger partial charge in [-0.1, -0.05) is 18.2 Å². The number of rotatable bonds is 6. The Balaban J connectivity index is 1.78. The number of carbonyl (C=O) groups is 1. The van der Waals surface area contributed by atoms with Gasteiger partial charge in [-0.15, -0.1) is 0 Å². The zero-order valence-electron chi connectivity index (χ0n) is 14.8. The smallest absolute Gasteiger partial charge is 0.305 e. The first-order valence-corrected chi connectivity index (χ1v) is 8.44. The molecule has 1 amide bonds. The van der Waals surface area contributed by atoms with E-state index in [1.54, 1.807) is 24.3 Å². The Hall–Kier alpha value is -3.32. The van der Waals surface area contributed by atoms with Crippen LogP contribution in [0.25, 0.3) is 11.3 Å². The monoisotopic (exact) mass is 366 g/mol. The van der Waals surface area contributed by atoms with E-state index in [2.05, 4.69) is 9.97 Å². The van der Waals surface area contributed by atoms with Crippen molar-refractivity contribution in [2.45, 2.75) is 13.5 Å². The zero-order chi connectivity index (χ0) is 19.2. The van der Waals surface area contributed by atoms with Gasteiger partial charge in [0.1, 0.15) is 11.6 Å². The van der Waals surface area contributed by atoms with Gasteiger partial charge in [-0.3, -0.25) is 9.80 Å². The van der Waals surface area contributed by atoms with E-state index >= 15 is 0 Å². The van der Waals surface area contributed by atoms with Gasteiger partial charge in [0.2, 0.25) is 5.82 Å². The summed E-state index contributed by atoms with van der Waals surface area (Å²) < 4.78 is 19.2. The molecular formula is C20H19FN4O2. The highest BCUT2D eigenvalue weighted by Crippen LogP contribution is 2.21. The van der Waals surface area contributed by atoms with Gasteiger partial charge >= 0.3 is 5.91 Å². The molecule has 1 aromatic heterocycles. The molecule has 3 aromatic rings. The minimum Gasteiger partial charge on any atom is -0.494 e. The van der Waals surface area contributed by atoms with E-state index in [9.17, 15) is 9.18 Å². The Labute approximate surface area is 156 Å². The number of nitrogens with zero attached hydrogens (tertiary/aromatic N) is 3. The fourth-order valence-corrected chi connectivity index (χ4v) is 2.52. The van der Waals surface area contributed by atoms with Crippen LogP contribution in [0.1, 0.15) is 23.1 Å². The van der Waals surface area contributed by atoms with E-state index < -0.39 is 11.7 Å². The summed E-state index contributed by atoms with van der Waals surface area (Å²) >= 11 is 0. The minimum atomic E-state index is -0.592. The number of carbonyl (C=O) groups excluding carboxylic acids is 1. The van der Waals surface area contributed by atoms with Crippen LogP contribution >= 0.6 is 0 Å². The van der Waals surface area contributed by atoms with Crippen LogP contribution in [0.3, 0.4) is 0 Å². The molecule has 0 atom stereocenters. The maximum absolute atomic E-state index is 13.8. The fraction of sp³-hybridized carbons (Fsp3) is 0.150. The van der Waals surface area contributed by atoms with Crippen molar-refractivity contribution in [1.82, 2.24) is 15.0 Å². The summed E-state index contributed by atoms with van der Waals surface area (Å²) in [7, 11) is 0. The lowest BCUT2D eigenvalue weighted by Gasteiger charge is -2.16. The van der Waals surface area contributed by atoms with E-state index in [1.165, 1.54) is 12.3 Å². The summed E-state index contributed by atoms with van der Waals surface area (Å²) in [5, 5.41) is 0.899. The van der Waals surface area contributed by atoms with E-state index in [4.69, 9.17) is 10.6 Å². The summed E-state index contributed by atoms with van der Waals surface area (Å²) in [6.07, 6.45) is 1.49. The molecule has 0 aliphatic heterocycles. The average Bonchev–Trinajstić information content (AvgIpc) is 2.70. The van der Waals surface area contributed by atoms with Gasteiger partial charge in [-0.05, 0) is 43.3 Å². The lowest BCUT2D eigenvalue weighted by atomic mass is 10.1. The molecule has 0 saturated heterocycles. The number of ether oxygens (including phenoxy) is 1. The van der Waals surface area contributed by atoms with Crippen molar-refractivity contribution in [3.05, 3.63) is 78.0 Å². The maximum Gasteiger partial charge on any atom is 0.305 e. The van der Waals surface area contributed by atoms with Gasteiger partial charge in [0.25, 0.3) is 0 Å². The second-order valence-electron chi connectivity index (χ2n) is 5.75. The van der Waals surface area contributed by atoms with Crippen LogP contribution in [-0.2, 0) is 6.54 Å². The van der Waals surface area contributed by atoms with Crippen molar-refractivity contribution in [3.8, 4) is 17.0 Å². The number of hydrogen-bond donors (Lipinski definition) is 1. The number of nitrogens with two attached hydrogens (primary N) is 1. The van der Waals surface area contributed by atoms with Gasteiger partial charge < -0.3 is 4.74 Å². The normalized spacial score (nSPS) is 10.5.